The third kappa shape index (κ3) is 3.24. The number of furan rings is 1. The fourth-order valence-corrected chi connectivity index (χ4v) is 9.06. The Morgan fingerprint density at radius 2 is 1.52 bits per heavy atom. The molecule has 0 radical (unpaired) electrons. The minimum atomic E-state index is 0.0160. The van der Waals surface area contributed by atoms with Gasteiger partial charge in [-0.25, -0.2) is 4.99 Å². The molecule has 0 aliphatic carbocycles. The molecule has 2 unspecified atom stereocenters. The number of rotatable bonds is 1. The van der Waals surface area contributed by atoms with E-state index in [1.807, 2.05) is 12.1 Å². The van der Waals surface area contributed by atoms with E-state index in [2.05, 4.69) is 131 Å². The molecule has 11 rings (SSSR count). The first-order valence-electron chi connectivity index (χ1n) is 16.7. The lowest BCUT2D eigenvalue weighted by Crippen LogP contribution is -2.48. The van der Waals surface area contributed by atoms with E-state index >= 15 is 0 Å². The molecule has 0 fully saturated rings. The van der Waals surface area contributed by atoms with Crippen molar-refractivity contribution < 1.29 is 8.98 Å². The Bertz CT molecular complexity index is 2900. The van der Waals surface area contributed by atoms with Crippen molar-refractivity contribution in [2.75, 3.05) is 0 Å². The summed E-state index contributed by atoms with van der Waals surface area (Å²) in [5, 5.41) is 7.21. The summed E-state index contributed by atoms with van der Waals surface area (Å²) in [5.74, 6) is 0.231. The summed E-state index contributed by atoms with van der Waals surface area (Å²) in [6.07, 6.45) is 5.97. The van der Waals surface area contributed by atoms with E-state index in [1.165, 1.54) is 55.0 Å². The number of pyridine rings is 1. The summed E-state index contributed by atoms with van der Waals surface area (Å²) in [7, 11) is 0. The van der Waals surface area contributed by atoms with Gasteiger partial charge in [0.25, 0.3) is 0 Å². The molecule has 226 valence electrons. The zero-order chi connectivity index (χ0) is 31.7. The van der Waals surface area contributed by atoms with Crippen molar-refractivity contribution in [2.24, 2.45) is 4.99 Å². The molecule has 2 aliphatic heterocycles. The van der Waals surface area contributed by atoms with Crippen LogP contribution in [0.15, 0.2) is 150 Å². The van der Waals surface area contributed by atoms with E-state index < -0.39 is 0 Å². The lowest BCUT2D eigenvalue weighted by Gasteiger charge is -2.30. The topological polar surface area (TPSA) is 33.8 Å². The molecular weight excluding hydrogens is 587 g/mol. The summed E-state index contributed by atoms with van der Waals surface area (Å²) in [6, 6.07) is 39.6. The Morgan fingerprint density at radius 1 is 0.750 bits per heavy atom. The molecule has 0 saturated heterocycles. The fourth-order valence-electron chi connectivity index (χ4n) is 9.06. The van der Waals surface area contributed by atoms with Crippen LogP contribution in [0.25, 0.3) is 71.3 Å². The Kier molecular flexibility index (Phi) is 5.06. The maximum Gasteiger partial charge on any atom is 0.213 e. The van der Waals surface area contributed by atoms with Gasteiger partial charge < -0.3 is 8.82 Å². The van der Waals surface area contributed by atoms with Crippen LogP contribution in [0.2, 0.25) is 0 Å². The van der Waals surface area contributed by atoms with Gasteiger partial charge in [-0.1, -0.05) is 73.8 Å². The van der Waals surface area contributed by atoms with Gasteiger partial charge in [0.05, 0.1) is 28.2 Å². The van der Waals surface area contributed by atoms with Gasteiger partial charge in [0.1, 0.15) is 11.3 Å². The highest BCUT2D eigenvalue weighted by Crippen LogP contribution is 2.47. The molecule has 0 amide bonds. The molecule has 6 heterocycles. The largest absolute Gasteiger partial charge is 0.454 e. The number of allylic oxidation sites excluding steroid dienone is 2. The molecule has 2 atom stereocenters. The monoisotopic (exact) mass is 616 g/mol. The second kappa shape index (κ2) is 9.30. The summed E-state index contributed by atoms with van der Waals surface area (Å²) >= 11 is 0. The average Bonchev–Trinajstić information content (AvgIpc) is 3.79. The summed E-state index contributed by atoms with van der Waals surface area (Å²) in [6.45, 7) is 8.89. The first kappa shape index (κ1) is 26.1. The van der Waals surface area contributed by atoms with Crippen LogP contribution in [0.3, 0.4) is 0 Å². The molecule has 5 aromatic carbocycles. The second-order valence-corrected chi connectivity index (χ2v) is 13.4. The number of hydrogen-bond donors (Lipinski definition) is 0. The number of para-hydroxylation sites is 2. The summed E-state index contributed by atoms with van der Waals surface area (Å²) in [5.41, 5.74) is 13.4. The van der Waals surface area contributed by atoms with Crippen LogP contribution in [-0.4, -0.2) is 10.1 Å². The zero-order valence-corrected chi connectivity index (χ0v) is 26.3. The van der Waals surface area contributed by atoms with E-state index in [0.29, 0.717) is 0 Å². The van der Waals surface area contributed by atoms with Crippen LogP contribution in [0, 0.1) is 0 Å². The van der Waals surface area contributed by atoms with E-state index in [-0.39, 0.29) is 12.0 Å². The molecule has 4 heteroatoms. The molecule has 4 aromatic heterocycles. The van der Waals surface area contributed by atoms with Gasteiger partial charge >= 0.3 is 0 Å². The van der Waals surface area contributed by atoms with Gasteiger partial charge in [-0.3, -0.25) is 0 Å². The quantitative estimate of drug-likeness (QED) is 0.169. The van der Waals surface area contributed by atoms with Crippen LogP contribution in [0.1, 0.15) is 35.1 Å². The molecule has 48 heavy (non-hydrogen) atoms. The number of fused-ring (bicyclic) bond motifs is 17. The van der Waals surface area contributed by atoms with Gasteiger partial charge in [0, 0.05) is 55.6 Å². The zero-order valence-electron chi connectivity index (χ0n) is 26.3. The predicted molar refractivity (Wildman–Crippen MR) is 196 cm³/mol. The average molecular weight is 617 g/mol. The first-order chi connectivity index (χ1) is 23.7. The first-order valence-corrected chi connectivity index (χ1v) is 16.7. The number of aromatic nitrogens is 2. The van der Waals surface area contributed by atoms with Crippen LogP contribution in [-0.2, 0) is 6.42 Å². The normalized spacial score (nSPS) is 17.7. The Morgan fingerprint density at radius 3 is 2.44 bits per heavy atom. The van der Waals surface area contributed by atoms with Gasteiger partial charge in [0.15, 0.2) is 11.8 Å². The van der Waals surface area contributed by atoms with Crippen molar-refractivity contribution in [3.8, 4) is 11.3 Å². The number of benzene rings is 5. The second-order valence-electron chi connectivity index (χ2n) is 13.4. The SMILES string of the molecule is C=CC1=NC(=C)C2C(CCc3cc4c(cc31)c1cccc3c5ccc6c7ccccc7oc6c5n4c13)c1ccccc1-c1cccc[n+]12. The molecule has 0 N–H and O–H groups in total. The van der Waals surface area contributed by atoms with Crippen LogP contribution >= 0.6 is 0 Å². The van der Waals surface area contributed by atoms with Crippen LogP contribution in [0.5, 0.6) is 0 Å². The highest BCUT2D eigenvalue weighted by Gasteiger charge is 2.42. The minimum Gasteiger partial charge on any atom is -0.454 e. The van der Waals surface area contributed by atoms with Crippen molar-refractivity contribution >= 4 is 65.7 Å². The predicted octanol–water partition coefficient (Wildman–Crippen LogP) is 10.5. The molecular formula is C44H30N3O+. The van der Waals surface area contributed by atoms with E-state index in [4.69, 9.17) is 9.41 Å². The Labute approximate surface area is 276 Å². The highest BCUT2D eigenvalue weighted by molar-refractivity contribution is 6.28. The van der Waals surface area contributed by atoms with Crippen molar-refractivity contribution in [3.63, 3.8) is 0 Å². The maximum absolute atomic E-state index is 6.64. The molecule has 2 aliphatic rings. The van der Waals surface area contributed by atoms with Crippen LogP contribution in [0.4, 0.5) is 0 Å². The van der Waals surface area contributed by atoms with Crippen molar-refractivity contribution in [1.29, 1.82) is 0 Å². The maximum atomic E-state index is 6.64. The lowest BCUT2D eigenvalue weighted by molar-refractivity contribution is -0.709. The van der Waals surface area contributed by atoms with Gasteiger partial charge in [-0.2, -0.15) is 4.57 Å². The van der Waals surface area contributed by atoms with E-state index in [0.717, 1.165) is 57.3 Å². The number of aliphatic imine (C=N–C) groups is 1. The number of hydrogen-bond acceptors (Lipinski definition) is 2. The van der Waals surface area contributed by atoms with Gasteiger partial charge in [0.2, 0.25) is 11.7 Å². The van der Waals surface area contributed by atoms with E-state index in [1.54, 1.807) is 0 Å². The van der Waals surface area contributed by atoms with Crippen LogP contribution < -0.4 is 4.57 Å². The third-order valence-corrected chi connectivity index (χ3v) is 11.1. The van der Waals surface area contributed by atoms with Gasteiger partial charge in [-0.05, 0) is 66.4 Å². The number of nitrogens with zero attached hydrogens (tertiary/aromatic N) is 3. The molecule has 0 spiro atoms. The standard InChI is InChI=1S/C44H30N3O/c1-3-37-35-24-36-31-15-10-14-30-33-20-21-34-29-13-6-7-17-40(29)48-44(34)43(33)47(42(30)31)39(36)23-26(35)18-19-32-27-11-4-5-12-28(27)38-16-8-9-22-46(38)41(32)25(2)45-37/h3-17,20-24,32,41H,1-2,18-19H2/q+1. The fraction of sp³-hybridized carbons (Fsp3) is 0.0909. The highest BCUT2D eigenvalue weighted by atomic mass is 16.3. The van der Waals surface area contributed by atoms with Crippen molar-refractivity contribution in [3.05, 3.63) is 157 Å². The van der Waals surface area contributed by atoms with Crippen molar-refractivity contribution in [2.45, 2.75) is 24.8 Å². The Balaban J connectivity index is 1.20. The van der Waals surface area contributed by atoms with Crippen molar-refractivity contribution in [1.82, 2.24) is 4.40 Å². The minimum absolute atomic E-state index is 0.0160. The summed E-state index contributed by atoms with van der Waals surface area (Å²) < 4.78 is 11.5. The third-order valence-electron chi connectivity index (χ3n) is 11.1. The lowest BCUT2D eigenvalue weighted by atomic mass is 9.78. The molecule has 4 nitrogen and oxygen atoms in total. The summed E-state index contributed by atoms with van der Waals surface area (Å²) in [4.78, 5) is 5.30. The molecule has 0 saturated carbocycles. The van der Waals surface area contributed by atoms with E-state index in [9.17, 15) is 0 Å². The molecule has 0 bridgehead atoms. The number of aryl methyl sites for hydroxylation is 1. The smallest absolute Gasteiger partial charge is 0.213 e. The Hall–Kier alpha value is -6.00. The molecule has 9 aromatic rings. The van der Waals surface area contributed by atoms with Gasteiger partial charge in [-0.15, -0.1) is 0 Å².